The number of aryl methyl sites for hydroxylation is 2. The molecule has 1 saturated heterocycles. The first kappa shape index (κ1) is 9.12. The zero-order valence-electron chi connectivity index (χ0n) is 7.96. The third-order valence-electron chi connectivity index (χ3n) is 2.17. The van der Waals surface area contributed by atoms with Crippen molar-refractivity contribution < 1.29 is 4.74 Å². The molecule has 13 heavy (non-hydrogen) atoms. The Balaban J connectivity index is 2.18. The van der Waals surface area contributed by atoms with Gasteiger partial charge in [-0.1, -0.05) is 0 Å². The molecule has 1 aliphatic rings. The highest BCUT2D eigenvalue weighted by molar-refractivity contribution is 7.11. The number of rotatable bonds is 1. The molecule has 0 aliphatic carbocycles. The third kappa shape index (κ3) is 1.90. The molecule has 0 bridgehead atoms. The summed E-state index contributed by atoms with van der Waals surface area (Å²) in [6, 6.07) is 0. The second-order valence-corrected chi connectivity index (χ2v) is 4.65. The first-order chi connectivity index (χ1) is 6.27. The Morgan fingerprint density at radius 1 is 1.54 bits per heavy atom. The summed E-state index contributed by atoms with van der Waals surface area (Å²) in [4.78, 5) is 5.77. The van der Waals surface area contributed by atoms with Crippen LogP contribution in [-0.2, 0) is 4.74 Å². The van der Waals surface area contributed by atoms with Crippen LogP contribution in [0.15, 0.2) is 0 Å². The minimum atomic E-state index is 0.165. The summed E-state index contributed by atoms with van der Waals surface area (Å²) in [6.45, 7) is 6.79. The van der Waals surface area contributed by atoms with Crippen LogP contribution < -0.4 is 5.32 Å². The van der Waals surface area contributed by atoms with Crippen LogP contribution in [0.5, 0.6) is 0 Å². The van der Waals surface area contributed by atoms with Crippen LogP contribution in [0.25, 0.3) is 0 Å². The summed E-state index contributed by atoms with van der Waals surface area (Å²) in [5.74, 6) is 0. The predicted molar refractivity (Wildman–Crippen MR) is 53.2 cm³/mol. The van der Waals surface area contributed by atoms with Crippen molar-refractivity contribution in [1.82, 2.24) is 10.3 Å². The zero-order valence-corrected chi connectivity index (χ0v) is 8.78. The number of hydrogen-bond donors (Lipinski definition) is 1. The second-order valence-electron chi connectivity index (χ2n) is 3.24. The summed E-state index contributed by atoms with van der Waals surface area (Å²) in [5, 5.41) is 4.44. The molecule has 1 fully saturated rings. The monoisotopic (exact) mass is 198 g/mol. The molecule has 4 heteroatoms. The molecule has 1 atom stereocenters. The van der Waals surface area contributed by atoms with E-state index in [1.165, 1.54) is 4.88 Å². The van der Waals surface area contributed by atoms with Crippen LogP contribution in [0.1, 0.15) is 21.7 Å². The Morgan fingerprint density at radius 3 is 2.92 bits per heavy atom. The van der Waals surface area contributed by atoms with Gasteiger partial charge in [0.2, 0.25) is 0 Å². The Bertz CT molecular complexity index is 292. The van der Waals surface area contributed by atoms with Crippen LogP contribution in [-0.4, -0.2) is 24.7 Å². The van der Waals surface area contributed by atoms with E-state index in [9.17, 15) is 0 Å². The second kappa shape index (κ2) is 3.74. The summed E-state index contributed by atoms with van der Waals surface area (Å²) >= 11 is 1.74. The molecule has 0 saturated carbocycles. The Morgan fingerprint density at radius 2 is 2.38 bits per heavy atom. The molecule has 72 valence electrons. The first-order valence-electron chi connectivity index (χ1n) is 4.53. The fourth-order valence-electron chi connectivity index (χ4n) is 1.58. The maximum absolute atomic E-state index is 5.64. The van der Waals surface area contributed by atoms with Gasteiger partial charge in [-0.15, -0.1) is 11.3 Å². The molecule has 1 aliphatic heterocycles. The quantitative estimate of drug-likeness (QED) is 0.741. The summed E-state index contributed by atoms with van der Waals surface area (Å²) in [6.07, 6.45) is 0.165. The molecular weight excluding hydrogens is 184 g/mol. The molecular formula is C9H14N2OS. The summed E-state index contributed by atoms with van der Waals surface area (Å²) in [5.41, 5.74) is 1.12. The average molecular weight is 198 g/mol. The van der Waals surface area contributed by atoms with E-state index in [4.69, 9.17) is 4.74 Å². The smallest absolute Gasteiger partial charge is 0.113 e. The van der Waals surface area contributed by atoms with Gasteiger partial charge in [-0.05, 0) is 13.8 Å². The highest BCUT2D eigenvalue weighted by atomic mass is 32.1. The number of aromatic nitrogens is 1. The predicted octanol–water partition coefficient (Wildman–Crippen LogP) is 1.42. The van der Waals surface area contributed by atoms with Gasteiger partial charge in [-0.2, -0.15) is 0 Å². The van der Waals surface area contributed by atoms with Crippen LogP contribution >= 0.6 is 11.3 Å². The minimum absolute atomic E-state index is 0.165. The Labute approximate surface area is 82.1 Å². The van der Waals surface area contributed by atoms with Crippen LogP contribution in [0.2, 0.25) is 0 Å². The summed E-state index contributed by atoms with van der Waals surface area (Å²) < 4.78 is 5.64. The molecule has 0 aromatic carbocycles. The minimum Gasteiger partial charge on any atom is -0.369 e. The lowest BCUT2D eigenvalue weighted by molar-refractivity contribution is 0.0250. The van der Waals surface area contributed by atoms with Gasteiger partial charge in [0.15, 0.2) is 0 Å². The standard InChI is InChI=1S/C9H14N2OS/c1-6-9(11-7(2)13-6)8-5-10-3-4-12-8/h8,10H,3-5H2,1-2H3. The van der Waals surface area contributed by atoms with Gasteiger partial charge in [0.1, 0.15) is 6.10 Å². The lowest BCUT2D eigenvalue weighted by Crippen LogP contribution is -2.33. The van der Waals surface area contributed by atoms with E-state index in [2.05, 4.69) is 17.2 Å². The molecule has 0 amide bonds. The van der Waals surface area contributed by atoms with Crippen molar-refractivity contribution in [3.05, 3.63) is 15.6 Å². The number of morpholine rings is 1. The van der Waals surface area contributed by atoms with Gasteiger partial charge in [-0.25, -0.2) is 4.98 Å². The largest absolute Gasteiger partial charge is 0.369 e. The SMILES string of the molecule is Cc1nc(C2CNCCO2)c(C)s1. The van der Waals surface area contributed by atoms with E-state index in [1.54, 1.807) is 11.3 Å². The van der Waals surface area contributed by atoms with Crippen molar-refractivity contribution in [1.29, 1.82) is 0 Å². The Hall–Kier alpha value is -0.450. The topological polar surface area (TPSA) is 34.2 Å². The molecule has 1 aromatic heterocycles. The van der Waals surface area contributed by atoms with Crippen molar-refractivity contribution >= 4 is 11.3 Å². The molecule has 1 N–H and O–H groups in total. The molecule has 1 aromatic rings. The van der Waals surface area contributed by atoms with Crippen LogP contribution in [0, 0.1) is 13.8 Å². The van der Waals surface area contributed by atoms with Gasteiger partial charge < -0.3 is 10.1 Å². The van der Waals surface area contributed by atoms with Gasteiger partial charge in [-0.3, -0.25) is 0 Å². The normalized spacial score (nSPS) is 23.4. The van der Waals surface area contributed by atoms with Gasteiger partial charge >= 0.3 is 0 Å². The highest BCUT2D eigenvalue weighted by Gasteiger charge is 2.20. The molecule has 2 heterocycles. The first-order valence-corrected chi connectivity index (χ1v) is 5.35. The van der Waals surface area contributed by atoms with Crippen LogP contribution in [0.4, 0.5) is 0 Å². The van der Waals surface area contributed by atoms with Crippen molar-refractivity contribution in [2.24, 2.45) is 0 Å². The van der Waals surface area contributed by atoms with E-state index >= 15 is 0 Å². The molecule has 3 nitrogen and oxygen atoms in total. The average Bonchev–Trinajstić information content (AvgIpc) is 2.47. The molecule has 0 spiro atoms. The maximum atomic E-state index is 5.64. The number of hydrogen-bond acceptors (Lipinski definition) is 4. The van der Waals surface area contributed by atoms with E-state index < -0.39 is 0 Å². The lowest BCUT2D eigenvalue weighted by Gasteiger charge is -2.22. The van der Waals surface area contributed by atoms with E-state index in [-0.39, 0.29) is 6.10 Å². The number of nitrogens with one attached hydrogen (secondary N) is 1. The number of thiazole rings is 1. The number of nitrogens with zero attached hydrogens (tertiary/aromatic N) is 1. The fourth-order valence-corrected chi connectivity index (χ4v) is 2.45. The summed E-state index contributed by atoms with van der Waals surface area (Å²) in [7, 11) is 0. The van der Waals surface area contributed by atoms with Gasteiger partial charge in [0.25, 0.3) is 0 Å². The van der Waals surface area contributed by atoms with Crippen molar-refractivity contribution in [2.75, 3.05) is 19.7 Å². The highest BCUT2D eigenvalue weighted by Crippen LogP contribution is 2.25. The molecule has 0 radical (unpaired) electrons. The molecule has 1 unspecified atom stereocenters. The van der Waals surface area contributed by atoms with Crippen molar-refractivity contribution in [2.45, 2.75) is 20.0 Å². The van der Waals surface area contributed by atoms with Crippen molar-refractivity contribution in [3.63, 3.8) is 0 Å². The third-order valence-corrected chi connectivity index (χ3v) is 3.07. The Kier molecular flexibility index (Phi) is 2.62. The van der Waals surface area contributed by atoms with E-state index in [1.807, 2.05) is 6.92 Å². The number of ether oxygens (including phenoxy) is 1. The molecule has 2 rings (SSSR count). The zero-order chi connectivity index (χ0) is 9.26. The van der Waals surface area contributed by atoms with E-state index in [0.29, 0.717) is 0 Å². The maximum Gasteiger partial charge on any atom is 0.113 e. The fraction of sp³-hybridized carbons (Fsp3) is 0.667. The lowest BCUT2D eigenvalue weighted by atomic mass is 10.2. The van der Waals surface area contributed by atoms with Gasteiger partial charge in [0.05, 0.1) is 17.3 Å². The van der Waals surface area contributed by atoms with Crippen molar-refractivity contribution in [3.8, 4) is 0 Å². The van der Waals surface area contributed by atoms with Crippen LogP contribution in [0.3, 0.4) is 0 Å². The van der Waals surface area contributed by atoms with E-state index in [0.717, 1.165) is 30.4 Å². The van der Waals surface area contributed by atoms with Gasteiger partial charge in [0, 0.05) is 18.0 Å².